The Labute approximate surface area is 179 Å². The highest BCUT2D eigenvalue weighted by molar-refractivity contribution is 8.00. The first-order valence-electron chi connectivity index (χ1n) is 10.4. The van der Waals surface area contributed by atoms with Crippen LogP contribution in [0.1, 0.15) is 58.2 Å². The molecule has 1 atom stereocenters. The number of hydrogen-bond donors (Lipinski definition) is 1. The van der Waals surface area contributed by atoms with Crippen LogP contribution in [0, 0.1) is 0 Å². The largest absolute Gasteiger partial charge is 0.360 e. The van der Waals surface area contributed by atoms with Gasteiger partial charge in [0, 0.05) is 35.6 Å². The molecule has 0 radical (unpaired) electrons. The first-order chi connectivity index (χ1) is 14.7. The van der Waals surface area contributed by atoms with E-state index < -0.39 is 0 Å². The Hall–Kier alpha value is -2.86. The molecule has 2 aromatic carbocycles. The van der Waals surface area contributed by atoms with Crippen molar-refractivity contribution in [3.8, 4) is 0 Å². The highest BCUT2D eigenvalue weighted by Crippen LogP contribution is 2.42. The maximum atomic E-state index is 13.8. The third kappa shape index (κ3) is 3.35. The van der Waals surface area contributed by atoms with E-state index in [0.717, 1.165) is 39.4 Å². The molecule has 0 unspecified atom stereocenters. The van der Waals surface area contributed by atoms with Crippen LogP contribution in [0.25, 0.3) is 10.9 Å². The number of hydrogen-bond acceptors (Lipinski definition) is 4. The van der Waals surface area contributed by atoms with Crippen LogP contribution < -0.4 is 0 Å². The molecule has 6 heteroatoms. The van der Waals surface area contributed by atoms with Gasteiger partial charge in [0.05, 0.1) is 0 Å². The van der Waals surface area contributed by atoms with Gasteiger partial charge in [-0.3, -0.25) is 4.79 Å². The molecule has 1 aliphatic carbocycles. The molecular weight excluding hydrogens is 392 g/mol. The number of rotatable bonds is 7. The monoisotopic (exact) mass is 416 g/mol. The van der Waals surface area contributed by atoms with Crippen molar-refractivity contribution >= 4 is 28.4 Å². The van der Waals surface area contributed by atoms with E-state index in [2.05, 4.69) is 32.7 Å². The molecule has 2 aromatic heterocycles. The molecule has 1 aliphatic rings. The summed E-state index contributed by atoms with van der Waals surface area (Å²) in [5.41, 5.74) is 3.98. The number of benzene rings is 2. The van der Waals surface area contributed by atoms with Gasteiger partial charge in [-0.15, -0.1) is 10.2 Å². The number of aromatic nitrogens is 4. The molecule has 0 aliphatic heterocycles. The number of fused-ring (bicyclic) bond motifs is 1. The molecule has 2 heterocycles. The lowest BCUT2D eigenvalue weighted by Crippen LogP contribution is -2.11. The summed E-state index contributed by atoms with van der Waals surface area (Å²) in [5, 5.41) is 10.2. The van der Waals surface area contributed by atoms with Crippen molar-refractivity contribution in [3.63, 3.8) is 0 Å². The third-order valence-electron chi connectivity index (χ3n) is 5.82. The second-order valence-electron chi connectivity index (χ2n) is 7.84. The van der Waals surface area contributed by atoms with Gasteiger partial charge in [0.15, 0.2) is 10.9 Å². The molecule has 152 valence electrons. The predicted octanol–water partition coefficient (Wildman–Crippen LogP) is 5.45. The number of thioether (sulfide) groups is 1. The van der Waals surface area contributed by atoms with Gasteiger partial charge in [-0.05, 0) is 30.4 Å². The second-order valence-corrected chi connectivity index (χ2v) is 8.91. The quantitative estimate of drug-likeness (QED) is 0.321. The molecule has 1 saturated carbocycles. The lowest BCUT2D eigenvalue weighted by molar-refractivity contribution is 0.0991. The van der Waals surface area contributed by atoms with Gasteiger partial charge in [0.1, 0.15) is 11.1 Å². The Kier molecular flexibility index (Phi) is 4.95. The summed E-state index contributed by atoms with van der Waals surface area (Å²) in [6, 6.07) is 16.1. The Balaban J connectivity index is 1.55. The first-order valence-corrected chi connectivity index (χ1v) is 11.3. The van der Waals surface area contributed by atoms with Gasteiger partial charge >= 0.3 is 0 Å². The van der Waals surface area contributed by atoms with Crippen LogP contribution in [0.15, 0.2) is 59.9 Å². The molecule has 5 nitrogen and oxygen atoms in total. The Bertz CT molecular complexity index is 1210. The number of para-hydroxylation sites is 1. The number of nitrogens with one attached hydrogen (secondary N) is 1. The second kappa shape index (κ2) is 7.76. The first kappa shape index (κ1) is 19.1. The molecule has 1 fully saturated rings. The van der Waals surface area contributed by atoms with E-state index in [1.165, 1.54) is 30.2 Å². The molecule has 0 spiro atoms. The SMILES string of the molecule is CCc1cccc2c(C(=O)[C@@H](Sc3nnc(C4CC4)n3C)c3ccccc3)c[nH]c12. The van der Waals surface area contributed by atoms with Crippen LogP contribution in [0.5, 0.6) is 0 Å². The van der Waals surface area contributed by atoms with Gasteiger partial charge in [0.25, 0.3) is 0 Å². The van der Waals surface area contributed by atoms with E-state index in [0.29, 0.717) is 5.92 Å². The number of aromatic amines is 1. The molecular formula is C24H24N4OS. The van der Waals surface area contributed by atoms with Crippen LogP contribution in [-0.4, -0.2) is 25.5 Å². The summed E-state index contributed by atoms with van der Waals surface area (Å²) >= 11 is 1.49. The summed E-state index contributed by atoms with van der Waals surface area (Å²) < 4.78 is 2.05. The van der Waals surface area contributed by atoms with Crippen molar-refractivity contribution < 1.29 is 4.79 Å². The maximum absolute atomic E-state index is 13.8. The number of nitrogens with zero attached hydrogens (tertiary/aromatic N) is 3. The maximum Gasteiger partial charge on any atom is 0.192 e. The van der Waals surface area contributed by atoms with E-state index in [4.69, 9.17) is 0 Å². The molecule has 0 saturated heterocycles. The Morgan fingerprint density at radius 2 is 1.97 bits per heavy atom. The van der Waals surface area contributed by atoms with E-state index in [9.17, 15) is 4.79 Å². The zero-order valence-corrected chi connectivity index (χ0v) is 17.9. The average Bonchev–Trinajstić information content (AvgIpc) is 3.42. The number of aryl methyl sites for hydroxylation is 1. The number of carbonyl (C=O) groups is 1. The van der Waals surface area contributed by atoms with Crippen LogP contribution in [0.2, 0.25) is 0 Å². The molecule has 0 amide bonds. The van der Waals surface area contributed by atoms with Crippen molar-refractivity contribution in [2.75, 3.05) is 0 Å². The van der Waals surface area contributed by atoms with Crippen LogP contribution in [-0.2, 0) is 13.5 Å². The normalized spacial score (nSPS) is 14.9. The number of H-pyrrole nitrogens is 1. The van der Waals surface area contributed by atoms with Crippen molar-refractivity contribution in [2.45, 2.75) is 42.5 Å². The topological polar surface area (TPSA) is 63.6 Å². The fourth-order valence-corrected chi connectivity index (χ4v) is 5.07. The highest BCUT2D eigenvalue weighted by Gasteiger charge is 2.32. The fourth-order valence-electron chi connectivity index (χ4n) is 3.99. The summed E-state index contributed by atoms with van der Waals surface area (Å²) in [5.74, 6) is 1.63. The lowest BCUT2D eigenvalue weighted by Gasteiger charge is -2.15. The summed E-state index contributed by atoms with van der Waals surface area (Å²) in [6.45, 7) is 2.13. The fraction of sp³-hybridized carbons (Fsp3) is 0.292. The van der Waals surface area contributed by atoms with E-state index in [1.54, 1.807) is 0 Å². The molecule has 1 N–H and O–H groups in total. The molecule has 4 aromatic rings. The Morgan fingerprint density at radius 1 is 1.17 bits per heavy atom. The lowest BCUT2D eigenvalue weighted by atomic mass is 10.0. The minimum Gasteiger partial charge on any atom is -0.360 e. The standard InChI is InChI=1S/C24H24N4OS/c1-3-15-10-7-11-18-19(14-25-20(15)18)21(29)22(16-8-5-4-6-9-16)30-24-27-26-23(28(24)2)17-12-13-17/h4-11,14,17,22,25H,3,12-13H2,1-2H3/t22-/m0/s1. The third-order valence-corrected chi connectivity index (χ3v) is 7.11. The summed E-state index contributed by atoms with van der Waals surface area (Å²) in [6.07, 6.45) is 5.12. The van der Waals surface area contributed by atoms with Crippen molar-refractivity contribution in [3.05, 3.63) is 77.2 Å². The van der Waals surface area contributed by atoms with Gasteiger partial charge in [-0.25, -0.2) is 0 Å². The zero-order chi connectivity index (χ0) is 20.7. The van der Waals surface area contributed by atoms with E-state index >= 15 is 0 Å². The van der Waals surface area contributed by atoms with Crippen molar-refractivity contribution in [2.24, 2.45) is 7.05 Å². The minimum absolute atomic E-state index is 0.0849. The molecule has 5 rings (SSSR count). The predicted molar refractivity (Wildman–Crippen MR) is 120 cm³/mol. The van der Waals surface area contributed by atoms with Crippen molar-refractivity contribution in [1.29, 1.82) is 0 Å². The van der Waals surface area contributed by atoms with Crippen LogP contribution >= 0.6 is 11.8 Å². The van der Waals surface area contributed by atoms with Crippen LogP contribution in [0.3, 0.4) is 0 Å². The van der Waals surface area contributed by atoms with Crippen molar-refractivity contribution in [1.82, 2.24) is 19.7 Å². The number of ketones is 1. The van der Waals surface area contributed by atoms with Gasteiger partial charge in [-0.2, -0.15) is 0 Å². The van der Waals surface area contributed by atoms with E-state index in [-0.39, 0.29) is 11.0 Å². The summed E-state index contributed by atoms with van der Waals surface area (Å²) in [7, 11) is 2.00. The highest BCUT2D eigenvalue weighted by atomic mass is 32.2. The molecule has 0 bridgehead atoms. The zero-order valence-electron chi connectivity index (χ0n) is 17.1. The van der Waals surface area contributed by atoms with Gasteiger partial charge in [-0.1, -0.05) is 67.2 Å². The Morgan fingerprint density at radius 3 is 2.70 bits per heavy atom. The minimum atomic E-state index is -0.384. The van der Waals surface area contributed by atoms with Gasteiger partial charge in [0.2, 0.25) is 0 Å². The van der Waals surface area contributed by atoms with Crippen LogP contribution in [0.4, 0.5) is 0 Å². The summed E-state index contributed by atoms with van der Waals surface area (Å²) in [4.78, 5) is 17.1. The molecule has 30 heavy (non-hydrogen) atoms. The average molecular weight is 417 g/mol. The number of Topliss-reactive ketones (excluding diaryl/α,β-unsaturated/α-hetero) is 1. The number of carbonyl (C=O) groups excluding carboxylic acids is 1. The van der Waals surface area contributed by atoms with E-state index in [1.807, 2.05) is 55.7 Å². The van der Waals surface area contributed by atoms with Gasteiger partial charge < -0.3 is 9.55 Å². The smallest absolute Gasteiger partial charge is 0.192 e.